The highest BCUT2D eigenvalue weighted by Gasteiger charge is 2.28. The molecule has 1 aromatic carbocycles. The first-order valence-electron chi connectivity index (χ1n) is 5.25. The average Bonchev–Trinajstić information content (AvgIpc) is 3.10. The fraction of sp³-hybridized carbons (Fsp3) is 0.417. The van der Waals surface area contributed by atoms with Crippen LogP contribution < -0.4 is 5.11 Å². The van der Waals surface area contributed by atoms with Crippen LogP contribution in [0, 0.1) is 0 Å². The van der Waals surface area contributed by atoms with Gasteiger partial charge in [-0.25, -0.2) is 0 Å². The van der Waals surface area contributed by atoms with Crippen LogP contribution in [-0.2, 0) is 6.54 Å². The summed E-state index contributed by atoms with van der Waals surface area (Å²) in [6, 6.07) is 10.4. The molecule has 3 nitrogen and oxygen atoms in total. The third kappa shape index (κ3) is 2.49. The van der Waals surface area contributed by atoms with Crippen molar-refractivity contribution in [1.82, 2.24) is 4.90 Å². The summed E-state index contributed by atoms with van der Waals surface area (Å²) in [4.78, 5) is 5.59. The molecule has 1 aliphatic carbocycles. The molecule has 0 atom stereocenters. The van der Waals surface area contributed by atoms with E-state index in [1.807, 2.05) is 35.2 Å². The Morgan fingerprint density at radius 2 is 2.07 bits per heavy atom. The van der Waals surface area contributed by atoms with Crippen molar-refractivity contribution < 1.29 is 5.11 Å². The van der Waals surface area contributed by atoms with Crippen molar-refractivity contribution in [1.29, 1.82) is 0 Å². The molecule has 0 unspecified atom stereocenters. The maximum Gasteiger partial charge on any atom is 0.0501 e. The van der Waals surface area contributed by atoms with E-state index in [9.17, 15) is 5.11 Å². The van der Waals surface area contributed by atoms with E-state index in [0.29, 0.717) is 12.6 Å². The molecule has 15 heavy (non-hydrogen) atoms. The van der Waals surface area contributed by atoms with Crippen LogP contribution in [0.25, 0.3) is 0 Å². The normalized spacial score (nSPS) is 16.5. The fourth-order valence-electron chi connectivity index (χ4n) is 1.65. The van der Waals surface area contributed by atoms with E-state index in [0.717, 1.165) is 12.8 Å². The fourth-order valence-corrected chi connectivity index (χ4v) is 1.65. The molecule has 1 aromatic rings. The van der Waals surface area contributed by atoms with Gasteiger partial charge in [0.2, 0.25) is 0 Å². The summed E-state index contributed by atoms with van der Waals surface area (Å²) in [6.07, 6.45) is 2.24. The largest absolute Gasteiger partial charge is 0.846 e. The summed E-state index contributed by atoms with van der Waals surface area (Å²) in [5, 5.41) is 11.6. The monoisotopic (exact) mass is 203 g/mol. The molecule has 0 bridgehead atoms. The van der Waals surface area contributed by atoms with Crippen LogP contribution in [0.1, 0.15) is 18.4 Å². The van der Waals surface area contributed by atoms with E-state index in [1.54, 1.807) is 7.05 Å². The van der Waals surface area contributed by atoms with Crippen LogP contribution in [0.2, 0.25) is 0 Å². The van der Waals surface area contributed by atoms with Gasteiger partial charge in [0.1, 0.15) is 0 Å². The zero-order valence-corrected chi connectivity index (χ0v) is 8.89. The Morgan fingerprint density at radius 3 is 2.60 bits per heavy atom. The molecular weight excluding hydrogens is 188 g/mol. The topological polar surface area (TPSA) is 38.7 Å². The molecule has 0 heterocycles. The van der Waals surface area contributed by atoms with E-state index >= 15 is 0 Å². The highest BCUT2D eigenvalue weighted by molar-refractivity contribution is 5.69. The zero-order valence-electron chi connectivity index (χ0n) is 8.89. The molecule has 0 radical (unpaired) electrons. The quantitative estimate of drug-likeness (QED) is 0.543. The lowest BCUT2D eigenvalue weighted by molar-refractivity contribution is -0.236. The molecule has 1 saturated carbocycles. The summed E-state index contributed by atoms with van der Waals surface area (Å²) in [5.41, 5.74) is 1.17. The highest BCUT2D eigenvalue weighted by atomic mass is 16.3. The molecule has 0 amide bonds. The van der Waals surface area contributed by atoms with E-state index in [2.05, 4.69) is 4.99 Å². The van der Waals surface area contributed by atoms with Gasteiger partial charge in [0.05, 0.1) is 6.02 Å². The Balaban J connectivity index is 2.07. The van der Waals surface area contributed by atoms with Crippen LogP contribution in [0.15, 0.2) is 35.3 Å². The molecule has 1 fully saturated rings. The van der Waals surface area contributed by atoms with Gasteiger partial charge in [-0.2, -0.15) is 0 Å². The van der Waals surface area contributed by atoms with Crippen molar-refractivity contribution in [2.75, 3.05) is 7.05 Å². The van der Waals surface area contributed by atoms with Gasteiger partial charge in [-0.1, -0.05) is 30.3 Å². The van der Waals surface area contributed by atoms with Gasteiger partial charge in [-0.15, -0.1) is 0 Å². The van der Waals surface area contributed by atoms with Crippen LogP contribution in [0.3, 0.4) is 0 Å². The number of hydrogen-bond acceptors (Lipinski definition) is 2. The molecule has 0 saturated heterocycles. The van der Waals surface area contributed by atoms with Crippen LogP contribution in [0.4, 0.5) is 0 Å². The van der Waals surface area contributed by atoms with Crippen molar-refractivity contribution in [2.24, 2.45) is 4.99 Å². The minimum absolute atomic E-state index is 0.0960. The number of hydrogen-bond donors (Lipinski definition) is 0. The smallest absolute Gasteiger partial charge is 0.0501 e. The standard InChI is InChI=1S/C12H16N2O/c1-13-12(15)14(11-7-8-11)9-10-5-3-2-4-6-10/h2-6,11H,7-9H2,1H3,(H,13,15)/p-1. The first-order valence-corrected chi connectivity index (χ1v) is 5.25. The first kappa shape index (κ1) is 10.0. The van der Waals surface area contributed by atoms with Crippen LogP contribution in [-0.4, -0.2) is 24.0 Å². The van der Waals surface area contributed by atoms with Crippen molar-refractivity contribution in [2.45, 2.75) is 25.4 Å². The third-order valence-corrected chi connectivity index (χ3v) is 2.62. The Labute approximate surface area is 90.1 Å². The van der Waals surface area contributed by atoms with Gasteiger partial charge < -0.3 is 10.0 Å². The molecule has 0 aromatic heterocycles. The lowest BCUT2D eigenvalue weighted by Gasteiger charge is -2.29. The maximum atomic E-state index is 11.6. The molecule has 0 spiro atoms. The molecule has 1 aliphatic rings. The summed E-state index contributed by atoms with van der Waals surface area (Å²) in [5.74, 6) is 0. The second kappa shape index (κ2) is 4.34. The van der Waals surface area contributed by atoms with Crippen molar-refractivity contribution >= 4 is 6.02 Å². The average molecular weight is 203 g/mol. The minimum Gasteiger partial charge on any atom is -0.846 e. The van der Waals surface area contributed by atoms with Crippen LogP contribution in [0.5, 0.6) is 0 Å². The number of benzene rings is 1. The lowest BCUT2D eigenvalue weighted by Crippen LogP contribution is -2.40. The van der Waals surface area contributed by atoms with E-state index in [-0.39, 0.29) is 6.02 Å². The Bertz CT molecular complexity index is 344. The SMILES string of the molecule is CN=C([O-])N(Cc1ccccc1)C1CC1. The predicted molar refractivity (Wildman–Crippen MR) is 58.4 cm³/mol. The lowest BCUT2D eigenvalue weighted by atomic mass is 10.2. The Hall–Kier alpha value is -1.51. The molecule has 0 aliphatic heterocycles. The number of rotatable bonds is 3. The van der Waals surface area contributed by atoms with Gasteiger partial charge in [-0.3, -0.25) is 4.99 Å². The molecule has 2 rings (SSSR count). The van der Waals surface area contributed by atoms with E-state index in [1.165, 1.54) is 5.56 Å². The highest BCUT2D eigenvalue weighted by Crippen LogP contribution is 2.27. The van der Waals surface area contributed by atoms with Gasteiger partial charge in [0, 0.05) is 19.6 Å². The van der Waals surface area contributed by atoms with E-state index in [4.69, 9.17) is 0 Å². The second-order valence-corrected chi connectivity index (χ2v) is 3.85. The van der Waals surface area contributed by atoms with Crippen LogP contribution >= 0.6 is 0 Å². The minimum atomic E-state index is -0.0960. The van der Waals surface area contributed by atoms with Gasteiger partial charge in [0.25, 0.3) is 0 Å². The van der Waals surface area contributed by atoms with Gasteiger partial charge >= 0.3 is 0 Å². The predicted octanol–water partition coefficient (Wildman–Crippen LogP) is 0.997. The van der Waals surface area contributed by atoms with Crippen molar-refractivity contribution in [3.63, 3.8) is 0 Å². The maximum absolute atomic E-state index is 11.6. The third-order valence-electron chi connectivity index (χ3n) is 2.62. The molecule has 80 valence electrons. The van der Waals surface area contributed by atoms with E-state index < -0.39 is 0 Å². The van der Waals surface area contributed by atoms with Gasteiger partial charge in [-0.05, 0) is 18.4 Å². The summed E-state index contributed by atoms with van der Waals surface area (Å²) in [7, 11) is 1.56. The second-order valence-electron chi connectivity index (χ2n) is 3.85. The zero-order chi connectivity index (χ0) is 10.7. The Morgan fingerprint density at radius 1 is 1.40 bits per heavy atom. The number of nitrogens with zero attached hydrogens (tertiary/aromatic N) is 2. The molecule has 3 heteroatoms. The van der Waals surface area contributed by atoms with Crippen molar-refractivity contribution in [3.8, 4) is 0 Å². The molecule has 0 N–H and O–H groups in total. The summed E-state index contributed by atoms with van der Waals surface area (Å²) in [6.45, 7) is 0.682. The number of aliphatic imine (C=N–C) groups is 1. The summed E-state index contributed by atoms with van der Waals surface area (Å²) >= 11 is 0. The Kier molecular flexibility index (Phi) is 2.90. The van der Waals surface area contributed by atoms with Gasteiger partial charge in [0.15, 0.2) is 0 Å². The van der Waals surface area contributed by atoms with Crippen molar-refractivity contribution in [3.05, 3.63) is 35.9 Å². The number of amidine groups is 1. The summed E-state index contributed by atoms with van der Waals surface area (Å²) < 4.78 is 0. The molecular formula is C12H15N2O-. The first-order chi connectivity index (χ1) is 7.31.